The molecule has 0 N–H and O–H groups in total. The van der Waals surface area contributed by atoms with Crippen molar-refractivity contribution in [2.75, 3.05) is 13.7 Å². The third kappa shape index (κ3) is 4.34. The Labute approximate surface area is 149 Å². The number of benzene rings is 2. The maximum absolute atomic E-state index is 12.3. The zero-order chi connectivity index (χ0) is 16.8. The van der Waals surface area contributed by atoms with Crippen LogP contribution in [-0.2, 0) is 9.53 Å². The number of methoxy groups -OCH3 is 1. The van der Waals surface area contributed by atoms with Crippen molar-refractivity contribution in [2.45, 2.75) is 17.1 Å². The second kappa shape index (κ2) is 8.48. The van der Waals surface area contributed by atoms with Crippen LogP contribution in [0.4, 0.5) is 0 Å². The summed E-state index contributed by atoms with van der Waals surface area (Å²) in [5.41, 5.74) is 0.846. The van der Waals surface area contributed by atoms with Crippen molar-refractivity contribution in [3.05, 3.63) is 58.1 Å². The van der Waals surface area contributed by atoms with Crippen molar-refractivity contribution in [1.29, 1.82) is 0 Å². The number of carbonyl (C=O) groups excluding carboxylic acids is 1. The molecule has 0 aliphatic heterocycles. The fraction of sp³-hybridized carbons (Fsp3) is 0.235. The number of halogens is 2. The van der Waals surface area contributed by atoms with Gasteiger partial charge in [0.2, 0.25) is 0 Å². The van der Waals surface area contributed by atoms with Crippen molar-refractivity contribution >= 4 is 40.9 Å². The zero-order valence-electron chi connectivity index (χ0n) is 12.7. The number of hydrogen-bond acceptors (Lipinski definition) is 4. The van der Waals surface area contributed by atoms with Crippen LogP contribution in [0.25, 0.3) is 0 Å². The maximum Gasteiger partial charge on any atom is 0.323 e. The van der Waals surface area contributed by atoms with Crippen molar-refractivity contribution in [3.63, 3.8) is 0 Å². The second-order valence-corrected chi connectivity index (χ2v) is 6.46. The molecule has 6 heteroatoms. The van der Waals surface area contributed by atoms with E-state index in [1.807, 2.05) is 30.3 Å². The molecule has 2 rings (SSSR count). The van der Waals surface area contributed by atoms with Crippen LogP contribution >= 0.6 is 35.0 Å². The number of hydrogen-bond donors (Lipinski definition) is 0. The van der Waals surface area contributed by atoms with Gasteiger partial charge in [0.1, 0.15) is 16.0 Å². The van der Waals surface area contributed by atoms with E-state index in [0.29, 0.717) is 27.3 Å². The Hall–Kier alpha value is -1.36. The molecule has 0 radical (unpaired) electrons. The Morgan fingerprint density at radius 2 is 1.83 bits per heavy atom. The monoisotopic (exact) mass is 370 g/mol. The van der Waals surface area contributed by atoms with Crippen LogP contribution in [0, 0.1) is 0 Å². The molecule has 3 nitrogen and oxygen atoms in total. The van der Waals surface area contributed by atoms with Gasteiger partial charge in [0, 0.05) is 4.90 Å². The molecule has 122 valence electrons. The fourth-order valence-corrected chi connectivity index (χ4v) is 3.64. The van der Waals surface area contributed by atoms with Gasteiger partial charge in [-0.25, -0.2) is 0 Å². The summed E-state index contributed by atoms with van der Waals surface area (Å²) < 4.78 is 10.3. The summed E-state index contributed by atoms with van der Waals surface area (Å²) in [6.07, 6.45) is 0. The van der Waals surface area contributed by atoms with Crippen LogP contribution in [0.1, 0.15) is 17.7 Å². The Morgan fingerprint density at radius 1 is 1.13 bits per heavy atom. The number of thioether (sulfide) groups is 1. The lowest BCUT2D eigenvalue weighted by molar-refractivity contribution is -0.142. The minimum atomic E-state index is -0.516. The highest BCUT2D eigenvalue weighted by molar-refractivity contribution is 8.00. The lowest BCUT2D eigenvalue weighted by atomic mass is 10.1. The van der Waals surface area contributed by atoms with E-state index in [9.17, 15) is 4.79 Å². The van der Waals surface area contributed by atoms with Gasteiger partial charge in [-0.1, -0.05) is 53.5 Å². The lowest BCUT2D eigenvalue weighted by Crippen LogP contribution is -2.13. The summed E-state index contributed by atoms with van der Waals surface area (Å²) >= 11 is 13.8. The summed E-state index contributed by atoms with van der Waals surface area (Å²) in [6.45, 7) is 2.10. The molecule has 0 bridgehead atoms. The molecule has 2 aromatic carbocycles. The molecule has 0 aromatic heterocycles. The third-order valence-corrected chi connectivity index (χ3v) is 5.35. The highest BCUT2D eigenvalue weighted by atomic mass is 35.5. The molecule has 0 spiro atoms. The van der Waals surface area contributed by atoms with E-state index >= 15 is 0 Å². The zero-order valence-corrected chi connectivity index (χ0v) is 15.0. The van der Waals surface area contributed by atoms with Gasteiger partial charge in [0.15, 0.2) is 0 Å². The van der Waals surface area contributed by atoms with Gasteiger partial charge >= 0.3 is 5.97 Å². The van der Waals surface area contributed by atoms with Gasteiger partial charge in [0.25, 0.3) is 0 Å². The number of rotatable bonds is 6. The van der Waals surface area contributed by atoms with Gasteiger partial charge < -0.3 is 9.47 Å². The van der Waals surface area contributed by atoms with Gasteiger partial charge in [0.05, 0.1) is 18.7 Å². The smallest absolute Gasteiger partial charge is 0.323 e. The highest BCUT2D eigenvalue weighted by Gasteiger charge is 2.25. The largest absolute Gasteiger partial charge is 0.495 e. The normalized spacial score (nSPS) is 11.8. The van der Waals surface area contributed by atoms with Crippen molar-refractivity contribution in [2.24, 2.45) is 0 Å². The average molecular weight is 371 g/mol. The number of ether oxygens (including phenoxy) is 2. The van der Waals surface area contributed by atoms with E-state index in [0.717, 1.165) is 5.56 Å². The lowest BCUT2D eigenvalue weighted by Gasteiger charge is -2.17. The topological polar surface area (TPSA) is 35.5 Å². The van der Waals surface area contributed by atoms with Crippen LogP contribution in [0.15, 0.2) is 47.4 Å². The molecule has 2 aromatic rings. The van der Waals surface area contributed by atoms with Crippen LogP contribution < -0.4 is 4.74 Å². The molecular weight excluding hydrogens is 355 g/mol. The van der Waals surface area contributed by atoms with Gasteiger partial charge in [-0.05, 0) is 24.6 Å². The third-order valence-electron chi connectivity index (χ3n) is 3.08. The van der Waals surface area contributed by atoms with Crippen molar-refractivity contribution in [1.82, 2.24) is 0 Å². The molecule has 0 saturated heterocycles. The predicted octanol–water partition coefficient (Wildman–Crippen LogP) is 5.40. The van der Waals surface area contributed by atoms with E-state index in [1.54, 1.807) is 19.1 Å². The van der Waals surface area contributed by atoms with Crippen LogP contribution in [0.5, 0.6) is 5.75 Å². The van der Waals surface area contributed by atoms with E-state index in [4.69, 9.17) is 32.7 Å². The minimum absolute atomic E-state index is 0.313. The summed E-state index contributed by atoms with van der Waals surface area (Å²) in [6, 6.07) is 12.9. The molecular formula is C17H16Cl2O3S. The van der Waals surface area contributed by atoms with Crippen LogP contribution in [0.3, 0.4) is 0 Å². The molecule has 1 unspecified atom stereocenters. The number of esters is 1. The van der Waals surface area contributed by atoms with Crippen LogP contribution in [-0.4, -0.2) is 19.7 Å². The second-order valence-electron chi connectivity index (χ2n) is 4.55. The van der Waals surface area contributed by atoms with Crippen molar-refractivity contribution in [3.8, 4) is 5.75 Å². The minimum Gasteiger partial charge on any atom is -0.495 e. The fourth-order valence-electron chi connectivity index (χ4n) is 1.99. The van der Waals surface area contributed by atoms with Gasteiger partial charge in [-0.15, -0.1) is 11.8 Å². The summed E-state index contributed by atoms with van der Waals surface area (Å²) in [5.74, 6) is 0.181. The van der Waals surface area contributed by atoms with E-state index in [2.05, 4.69) is 0 Å². The highest BCUT2D eigenvalue weighted by Crippen LogP contribution is 2.44. The first kappa shape index (κ1) is 18.0. The van der Waals surface area contributed by atoms with Gasteiger partial charge in [-0.2, -0.15) is 0 Å². The Kier molecular flexibility index (Phi) is 6.63. The average Bonchev–Trinajstić information content (AvgIpc) is 2.57. The first-order chi connectivity index (χ1) is 11.1. The first-order valence-electron chi connectivity index (χ1n) is 6.98. The van der Waals surface area contributed by atoms with Gasteiger partial charge in [-0.3, -0.25) is 4.79 Å². The molecule has 0 fully saturated rings. The summed E-state index contributed by atoms with van der Waals surface area (Å²) in [4.78, 5) is 13.0. The molecule has 1 atom stereocenters. The summed E-state index contributed by atoms with van der Waals surface area (Å²) in [5, 5.41) is 0.175. The Bertz CT molecular complexity index is 677. The number of carbonyl (C=O) groups is 1. The Balaban J connectivity index is 2.35. The van der Waals surface area contributed by atoms with Crippen LogP contribution in [0.2, 0.25) is 10.0 Å². The van der Waals surface area contributed by atoms with E-state index < -0.39 is 5.25 Å². The first-order valence-corrected chi connectivity index (χ1v) is 8.62. The van der Waals surface area contributed by atoms with E-state index in [-0.39, 0.29) is 5.97 Å². The summed E-state index contributed by atoms with van der Waals surface area (Å²) in [7, 11) is 1.52. The standard InChI is InChI=1S/C17H16Cl2O3S/c1-3-22-17(20)16(11-7-5-4-6-8-11)23-13-10-9-12(21-2)14(18)15(13)19/h4-10,16H,3H2,1-2H3. The Morgan fingerprint density at radius 3 is 2.43 bits per heavy atom. The molecule has 0 saturated carbocycles. The molecule has 0 heterocycles. The predicted molar refractivity (Wildman–Crippen MR) is 94.7 cm³/mol. The molecule has 0 aliphatic rings. The molecule has 23 heavy (non-hydrogen) atoms. The molecule has 0 amide bonds. The SMILES string of the molecule is CCOC(=O)C(Sc1ccc(OC)c(Cl)c1Cl)c1ccccc1. The maximum atomic E-state index is 12.3. The quantitative estimate of drug-likeness (QED) is 0.503. The van der Waals surface area contributed by atoms with E-state index in [1.165, 1.54) is 18.9 Å². The molecule has 0 aliphatic carbocycles. The van der Waals surface area contributed by atoms with Crippen molar-refractivity contribution < 1.29 is 14.3 Å².